The lowest BCUT2D eigenvalue weighted by molar-refractivity contribution is 0.134. The van der Waals surface area contributed by atoms with E-state index in [1.54, 1.807) is 0 Å². The van der Waals surface area contributed by atoms with Crippen LogP contribution >= 0.6 is 0 Å². The van der Waals surface area contributed by atoms with Crippen LogP contribution in [0.5, 0.6) is 0 Å². The van der Waals surface area contributed by atoms with E-state index in [9.17, 15) is 0 Å². The Bertz CT molecular complexity index is 139. The molecule has 1 N–H and O–H groups in total. The van der Waals surface area contributed by atoms with Crippen molar-refractivity contribution in [3.63, 3.8) is 0 Å². The van der Waals surface area contributed by atoms with Gasteiger partial charge >= 0.3 is 0 Å². The summed E-state index contributed by atoms with van der Waals surface area (Å²) in [5, 5.41) is 3.59. The van der Waals surface area contributed by atoms with Gasteiger partial charge in [0.05, 0.1) is 0 Å². The third-order valence-corrected chi connectivity index (χ3v) is 3.43. The summed E-state index contributed by atoms with van der Waals surface area (Å²) in [6, 6.07) is 1.73. The van der Waals surface area contributed by atoms with Crippen molar-refractivity contribution in [2.24, 2.45) is 0 Å². The lowest BCUT2D eigenvalue weighted by Crippen LogP contribution is -2.47. The van der Waals surface area contributed by atoms with Gasteiger partial charge in [-0.2, -0.15) is 0 Å². The summed E-state index contributed by atoms with van der Waals surface area (Å²) < 4.78 is 0. The van der Waals surface area contributed by atoms with Crippen molar-refractivity contribution in [2.45, 2.75) is 50.6 Å². The first-order chi connectivity index (χ1) is 5.86. The van der Waals surface area contributed by atoms with E-state index >= 15 is 0 Å². The molecule has 0 saturated heterocycles. The van der Waals surface area contributed by atoms with Crippen LogP contribution < -0.4 is 5.32 Å². The zero-order valence-corrected chi connectivity index (χ0v) is 8.05. The Morgan fingerprint density at radius 3 is 2.25 bits per heavy atom. The largest absolute Gasteiger partial charge is 0.302 e. The SMILES string of the molecule is CN(CNC1CCC1)C1CCC1. The van der Waals surface area contributed by atoms with Crippen molar-refractivity contribution in [3.8, 4) is 0 Å². The Kier molecular flexibility index (Phi) is 2.66. The average molecular weight is 168 g/mol. The lowest BCUT2D eigenvalue weighted by atomic mass is 9.91. The molecule has 0 heterocycles. The van der Waals surface area contributed by atoms with E-state index in [1.807, 2.05) is 0 Å². The second-order valence-corrected chi connectivity index (χ2v) is 4.33. The van der Waals surface area contributed by atoms with Gasteiger partial charge in [0.2, 0.25) is 0 Å². The van der Waals surface area contributed by atoms with Crippen LogP contribution in [0.15, 0.2) is 0 Å². The Morgan fingerprint density at radius 2 is 1.83 bits per heavy atom. The van der Waals surface area contributed by atoms with Gasteiger partial charge in [-0.1, -0.05) is 12.8 Å². The highest BCUT2D eigenvalue weighted by atomic mass is 15.2. The van der Waals surface area contributed by atoms with E-state index in [-0.39, 0.29) is 0 Å². The summed E-state index contributed by atoms with van der Waals surface area (Å²) in [6.45, 7) is 1.11. The van der Waals surface area contributed by atoms with Crippen molar-refractivity contribution in [2.75, 3.05) is 13.7 Å². The molecule has 0 spiro atoms. The Hall–Kier alpha value is -0.0800. The highest BCUT2D eigenvalue weighted by molar-refractivity contribution is 4.80. The Morgan fingerprint density at radius 1 is 1.17 bits per heavy atom. The standard InChI is InChI=1S/C10H20N2/c1-12(10-6-3-7-10)8-11-9-4-2-5-9/h9-11H,2-8H2,1H3. The number of nitrogens with one attached hydrogen (secondary N) is 1. The monoisotopic (exact) mass is 168 g/mol. The number of nitrogens with zero attached hydrogens (tertiary/aromatic N) is 1. The van der Waals surface area contributed by atoms with Gasteiger partial charge in [0.1, 0.15) is 0 Å². The number of hydrogen-bond donors (Lipinski definition) is 1. The van der Waals surface area contributed by atoms with E-state index in [1.165, 1.54) is 38.5 Å². The van der Waals surface area contributed by atoms with Crippen LogP contribution in [0.4, 0.5) is 0 Å². The molecule has 0 amide bonds. The minimum absolute atomic E-state index is 0.840. The molecule has 2 fully saturated rings. The molecule has 70 valence electrons. The van der Waals surface area contributed by atoms with Gasteiger partial charge in [-0.3, -0.25) is 4.90 Å². The maximum absolute atomic E-state index is 3.59. The van der Waals surface area contributed by atoms with Gasteiger partial charge in [-0.05, 0) is 32.7 Å². The van der Waals surface area contributed by atoms with Crippen LogP contribution in [0.3, 0.4) is 0 Å². The van der Waals surface area contributed by atoms with Crippen LogP contribution in [0.25, 0.3) is 0 Å². The number of hydrogen-bond acceptors (Lipinski definition) is 2. The van der Waals surface area contributed by atoms with Crippen LogP contribution in [-0.2, 0) is 0 Å². The van der Waals surface area contributed by atoms with Crippen molar-refractivity contribution in [1.82, 2.24) is 10.2 Å². The topological polar surface area (TPSA) is 15.3 Å². The maximum atomic E-state index is 3.59. The maximum Gasteiger partial charge on any atom is 0.0482 e. The first kappa shape index (κ1) is 8.52. The molecule has 2 rings (SSSR count). The summed E-state index contributed by atoms with van der Waals surface area (Å²) >= 11 is 0. The molecule has 0 aromatic carbocycles. The summed E-state index contributed by atoms with van der Waals surface area (Å²) in [4.78, 5) is 2.47. The zero-order valence-electron chi connectivity index (χ0n) is 8.05. The Labute approximate surface area is 75.3 Å². The van der Waals surface area contributed by atoms with E-state index in [2.05, 4.69) is 17.3 Å². The van der Waals surface area contributed by atoms with Crippen LogP contribution in [0, 0.1) is 0 Å². The van der Waals surface area contributed by atoms with E-state index in [4.69, 9.17) is 0 Å². The van der Waals surface area contributed by atoms with Crippen molar-refractivity contribution in [1.29, 1.82) is 0 Å². The minimum atomic E-state index is 0.840. The summed E-state index contributed by atoms with van der Waals surface area (Å²) in [5.74, 6) is 0. The third-order valence-electron chi connectivity index (χ3n) is 3.43. The molecule has 2 nitrogen and oxygen atoms in total. The molecule has 0 aliphatic heterocycles. The molecule has 2 aliphatic carbocycles. The second kappa shape index (κ2) is 3.75. The molecule has 0 atom stereocenters. The third kappa shape index (κ3) is 1.80. The van der Waals surface area contributed by atoms with Gasteiger partial charge in [0.15, 0.2) is 0 Å². The molecule has 0 aromatic heterocycles. The quantitative estimate of drug-likeness (QED) is 0.641. The number of rotatable bonds is 4. The fraction of sp³-hybridized carbons (Fsp3) is 1.00. The molecular formula is C10H20N2. The lowest BCUT2D eigenvalue weighted by Gasteiger charge is -2.37. The second-order valence-electron chi connectivity index (χ2n) is 4.33. The molecule has 2 aliphatic rings. The molecule has 2 heteroatoms. The Balaban J connectivity index is 1.58. The van der Waals surface area contributed by atoms with E-state index < -0.39 is 0 Å². The molecule has 0 radical (unpaired) electrons. The summed E-state index contributed by atoms with van der Waals surface area (Å²) in [6.07, 6.45) is 8.52. The van der Waals surface area contributed by atoms with E-state index in [0.29, 0.717) is 0 Å². The van der Waals surface area contributed by atoms with Gasteiger partial charge in [-0.25, -0.2) is 0 Å². The fourth-order valence-electron chi connectivity index (χ4n) is 1.84. The highest BCUT2D eigenvalue weighted by Crippen LogP contribution is 2.23. The van der Waals surface area contributed by atoms with Gasteiger partial charge in [0, 0.05) is 18.8 Å². The van der Waals surface area contributed by atoms with Crippen molar-refractivity contribution in [3.05, 3.63) is 0 Å². The normalized spacial score (nSPS) is 25.5. The van der Waals surface area contributed by atoms with Crippen LogP contribution in [0.2, 0.25) is 0 Å². The van der Waals surface area contributed by atoms with E-state index in [0.717, 1.165) is 18.8 Å². The first-order valence-electron chi connectivity index (χ1n) is 5.30. The highest BCUT2D eigenvalue weighted by Gasteiger charge is 2.23. The predicted octanol–water partition coefficient (Wildman–Crippen LogP) is 1.57. The summed E-state index contributed by atoms with van der Waals surface area (Å²) in [5.41, 5.74) is 0. The smallest absolute Gasteiger partial charge is 0.0482 e. The summed E-state index contributed by atoms with van der Waals surface area (Å²) in [7, 11) is 2.25. The molecule has 0 aromatic rings. The van der Waals surface area contributed by atoms with Gasteiger partial charge in [0.25, 0.3) is 0 Å². The molecular weight excluding hydrogens is 148 g/mol. The molecule has 0 unspecified atom stereocenters. The molecule has 2 saturated carbocycles. The average Bonchev–Trinajstić information content (AvgIpc) is 1.79. The molecule has 12 heavy (non-hydrogen) atoms. The zero-order chi connectivity index (χ0) is 8.39. The van der Waals surface area contributed by atoms with Crippen LogP contribution in [0.1, 0.15) is 38.5 Å². The van der Waals surface area contributed by atoms with Crippen molar-refractivity contribution < 1.29 is 0 Å². The van der Waals surface area contributed by atoms with Gasteiger partial charge in [-0.15, -0.1) is 0 Å². The molecule has 0 bridgehead atoms. The fourth-order valence-corrected chi connectivity index (χ4v) is 1.84. The van der Waals surface area contributed by atoms with Crippen molar-refractivity contribution >= 4 is 0 Å². The first-order valence-corrected chi connectivity index (χ1v) is 5.30. The minimum Gasteiger partial charge on any atom is -0.302 e. The van der Waals surface area contributed by atoms with Gasteiger partial charge < -0.3 is 5.32 Å². The van der Waals surface area contributed by atoms with Crippen LogP contribution in [-0.4, -0.2) is 30.7 Å². The predicted molar refractivity (Wildman–Crippen MR) is 51.0 cm³/mol.